The van der Waals surface area contributed by atoms with E-state index in [4.69, 9.17) is 21.1 Å². The van der Waals surface area contributed by atoms with Gasteiger partial charge in [-0.05, 0) is 36.4 Å². The molecule has 0 aliphatic rings. The highest BCUT2D eigenvalue weighted by atomic mass is 35.5. The Balaban J connectivity index is 1.76. The Bertz CT molecular complexity index is 1110. The SMILES string of the molecule is C=CCn1c(SCC(=O)Nc2ccc(F)c(Cl)c2)nnc1-c1ccc(OC)c(OC)c1. The summed E-state index contributed by atoms with van der Waals surface area (Å²) in [5.41, 5.74) is 1.19. The van der Waals surface area contributed by atoms with Crippen LogP contribution in [0.3, 0.4) is 0 Å². The smallest absolute Gasteiger partial charge is 0.234 e. The quantitative estimate of drug-likeness (QED) is 0.367. The molecule has 0 unspecified atom stereocenters. The first-order valence-electron chi connectivity index (χ1n) is 9.11. The number of aromatic nitrogens is 3. The summed E-state index contributed by atoms with van der Waals surface area (Å²) in [5.74, 6) is 1.03. The number of halogens is 2. The number of hydrogen-bond donors (Lipinski definition) is 1. The van der Waals surface area contributed by atoms with E-state index in [1.54, 1.807) is 26.4 Å². The third kappa shape index (κ3) is 5.36. The Kier molecular flexibility index (Phi) is 7.54. The number of benzene rings is 2. The zero-order chi connectivity index (χ0) is 22.4. The molecule has 0 fully saturated rings. The van der Waals surface area contributed by atoms with Gasteiger partial charge in [0.15, 0.2) is 22.5 Å². The second-order valence-electron chi connectivity index (χ2n) is 6.24. The van der Waals surface area contributed by atoms with E-state index in [9.17, 15) is 9.18 Å². The lowest BCUT2D eigenvalue weighted by atomic mass is 10.2. The van der Waals surface area contributed by atoms with Crippen molar-refractivity contribution in [2.45, 2.75) is 11.7 Å². The molecule has 0 saturated carbocycles. The third-order valence-corrected chi connectivity index (χ3v) is 5.46. The summed E-state index contributed by atoms with van der Waals surface area (Å²) in [6.07, 6.45) is 1.72. The van der Waals surface area contributed by atoms with Crippen molar-refractivity contribution < 1.29 is 18.7 Å². The number of allylic oxidation sites excluding steroid dienone is 1. The van der Waals surface area contributed by atoms with Gasteiger partial charge < -0.3 is 14.8 Å². The van der Waals surface area contributed by atoms with Crippen molar-refractivity contribution in [1.82, 2.24) is 14.8 Å². The van der Waals surface area contributed by atoms with E-state index in [1.165, 1.54) is 30.0 Å². The Morgan fingerprint density at radius 3 is 2.68 bits per heavy atom. The van der Waals surface area contributed by atoms with Crippen LogP contribution in [0.4, 0.5) is 10.1 Å². The molecule has 0 saturated heterocycles. The van der Waals surface area contributed by atoms with Gasteiger partial charge in [0.2, 0.25) is 5.91 Å². The molecule has 3 rings (SSSR count). The topological polar surface area (TPSA) is 78.3 Å². The van der Waals surface area contributed by atoms with E-state index >= 15 is 0 Å². The van der Waals surface area contributed by atoms with Gasteiger partial charge in [0.05, 0.1) is 25.0 Å². The fraction of sp³-hybridized carbons (Fsp3) is 0.190. The first kappa shape index (κ1) is 22.6. The average Bonchev–Trinajstić information content (AvgIpc) is 3.17. The van der Waals surface area contributed by atoms with Gasteiger partial charge in [0, 0.05) is 17.8 Å². The van der Waals surface area contributed by atoms with E-state index in [-0.39, 0.29) is 16.7 Å². The molecule has 0 aliphatic heterocycles. The number of rotatable bonds is 9. The number of ether oxygens (including phenoxy) is 2. The molecule has 0 bridgehead atoms. The van der Waals surface area contributed by atoms with Crippen molar-refractivity contribution in [2.24, 2.45) is 0 Å². The van der Waals surface area contributed by atoms with Crippen molar-refractivity contribution in [3.8, 4) is 22.9 Å². The van der Waals surface area contributed by atoms with Gasteiger partial charge in [-0.15, -0.1) is 16.8 Å². The molecule has 2 aromatic carbocycles. The molecule has 0 aliphatic carbocycles. The molecule has 31 heavy (non-hydrogen) atoms. The molecule has 162 valence electrons. The van der Waals surface area contributed by atoms with E-state index in [2.05, 4.69) is 22.1 Å². The normalized spacial score (nSPS) is 10.6. The van der Waals surface area contributed by atoms with Crippen molar-refractivity contribution in [3.63, 3.8) is 0 Å². The number of nitrogens with zero attached hydrogens (tertiary/aromatic N) is 3. The number of thioether (sulfide) groups is 1. The predicted molar refractivity (Wildman–Crippen MR) is 120 cm³/mol. The summed E-state index contributed by atoms with van der Waals surface area (Å²) in [6, 6.07) is 9.44. The maximum absolute atomic E-state index is 13.3. The minimum absolute atomic E-state index is 0.0595. The van der Waals surface area contributed by atoms with Gasteiger partial charge in [0.1, 0.15) is 5.82 Å². The van der Waals surface area contributed by atoms with Crippen molar-refractivity contribution in [2.75, 3.05) is 25.3 Å². The molecule has 0 spiro atoms. The largest absolute Gasteiger partial charge is 0.493 e. The van der Waals surface area contributed by atoms with E-state index in [0.29, 0.717) is 34.7 Å². The van der Waals surface area contributed by atoms with E-state index in [0.717, 1.165) is 5.56 Å². The fourth-order valence-electron chi connectivity index (χ4n) is 2.78. The Hall–Kier alpha value is -3.04. The van der Waals surface area contributed by atoms with Crippen LogP contribution in [0.5, 0.6) is 11.5 Å². The van der Waals surface area contributed by atoms with Crippen LogP contribution < -0.4 is 14.8 Å². The van der Waals surface area contributed by atoms with Gasteiger partial charge >= 0.3 is 0 Å². The summed E-state index contributed by atoms with van der Waals surface area (Å²) < 4.78 is 25.8. The molecule has 1 N–H and O–H groups in total. The molecule has 10 heteroatoms. The highest BCUT2D eigenvalue weighted by Gasteiger charge is 2.17. The van der Waals surface area contributed by atoms with Crippen LogP contribution in [0.15, 0.2) is 54.2 Å². The van der Waals surface area contributed by atoms with Crippen molar-refractivity contribution in [3.05, 3.63) is 59.9 Å². The molecule has 0 radical (unpaired) electrons. The molecular weight excluding hydrogens is 443 g/mol. The zero-order valence-corrected chi connectivity index (χ0v) is 18.5. The third-order valence-electron chi connectivity index (χ3n) is 4.21. The van der Waals surface area contributed by atoms with Gasteiger partial charge in [0.25, 0.3) is 0 Å². The standard InChI is InChI=1S/C21H20ClFN4O3S/c1-4-9-27-20(13-5-8-17(29-2)18(10-13)30-3)25-26-21(27)31-12-19(28)24-14-6-7-16(23)15(22)11-14/h4-8,10-11H,1,9,12H2,2-3H3,(H,24,28). The Morgan fingerprint density at radius 2 is 2.00 bits per heavy atom. The van der Waals surface area contributed by atoms with Crippen molar-refractivity contribution >= 4 is 35.0 Å². The summed E-state index contributed by atoms with van der Waals surface area (Å²) in [7, 11) is 3.13. The number of carbonyl (C=O) groups is 1. The van der Waals surface area contributed by atoms with Crippen LogP contribution in [0.25, 0.3) is 11.4 Å². The molecule has 3 aromatic rings. The minimum atomic E-state index is -0.547. The predicted octanol–water partition coefficient (Wildman–Crippen LogP) is 4.67. The van der Waals surface area contributed by atoms with Gasteiger partial charge in [-0.1, -0.05) is 29.4 Å². The first-order valence-corrected chi connectivity index (χ1v) is 10.5. The fourth-order valence-corrected chi connectivity index (χ4v) is 3.71. The minimum Gasteiger partial charge on any atom is -0.493 e. The number of hydrogen-bond acceptors (Lipinski definition) is 6. The number of carbonyl (C=O) groups excluding carboxylic acids is 1. The summed E-state index contributed by atoms with van der Waals surface area (Å²) in [4.78, 5) is 12.3. The molecule has 7 nitrogen and oxygen atoms in total. The number of methoxy groups -OCH3 is 2. The Morgan fingerprint density at radius 1 is 1.23 bits per heavy atom. The van der Waals surface area contributed by atoms with E-state index in [1.807, 2.05) is 16.7 Å². The molecule has 1 amide bonds. The molecule has 1 heterocycles. The second-order valence-corrected chi connectivity index (χ2v) is 7.59. The highest BCUT2D eigenvalue weighted by molar-refractivity contribution is 7.99. The van der Waals surface area contributed by atoms with Crippen LogP contribution in [-0.4, -0.2) is 40.6 Å². The maximum atomic E-state index is 13.3. The molecule has 0 atom stereocenters. The monoisotopic (exact) mass is 462 g/mol. The molecular formula is C21H20ClFN4O3S. The van der Waals surface area contributed by atoms with Gasteiger partial charge in [-0.2, -0.15) is 0 Å². The second kappa shape index (κ2) is 10.3. The van der Waals surface area contributed by atoms with Crippen LogP contribution in [0, 0.1) is 5.82 Å². The van der Waals surface area contributed by atoms with Crippen molar-refractivity contribution in [1.29, 1.82) is 0 Å². The van der Waals surface area contributed by atoms with Crippen LogP contribution in [0.2, 0.25) is 5.02 Å². The lowest BCUT2D eigenvalue weighted by Crippen LogP contribution is -2.14. The summed E-state index contributed by atoms with van der Waals surface area (Å²) in [6.45, 7) is 4.24. The highest BCUT2D eigenvalue weighted by Crippen LogP contribution is 2.33. The zero-order valence-electron chi connectivity index (χ0n) is 16.9. The Labute approximate surface area is 188 Å². The van der Waals surface area contributed by atoms with Gasteiger partial charge in [-0.25, -0.2) is 4.39 Å². The summed E-state index contributed by atoms with van der Waals surface area (Å²) in [5, 5.41) is 11.7. The molecule has 1 aromatic heterocycles. The lowest BCUT2D eigenvalue weighted by Gasteiger charge is -2.11. The van der Waals surface area contributed by atoms with Crippen LogP contribution >= 0.6 is 23.4 Å². The average molecular weight is 463 g/mol. The van der Waals surface area contributed by atoms with E-state index < -0.39 is 5.82 Å². The van der Waals surface area contributed by atoms with Crippen LogP contribution in [0.1, 0.15) is 0 Å². The summed E-state index contributed by atoms with van der Waals surface area (Å²) >= 11 is 6.97. The van der Waals surface area contributed by atoms with Gasteiger partial charge in [-0.3, -0.25) is 9.36 Å². The number of amides is 1. The maximum Gasteiger partial charge on any atom is 0.234 e. The van der Waals surface area contributed by atoms with Crippen LogP contribution in [-0.2, 0) is 11.3 Å². The lowest BCUT2D eigenvalue weighted by molar-refractivity contribution is -0.113. The number of anilines is 1. The number of nitrogens with one attached hydrogen (secondary N) is 1. The first-order chi connectivity index (χ1) is 15.0.